The lowest BCUT2D eigenvalue weighted by atomic mass is 9.72. The summed E-state index contributed by atoms with van der Waals surface area (Å²) in [7, 11) is -5.31. The maximum absolute atomic E-state index is 14.4. The van der Waals surface area contributed by atoms with Crippen molar-refractivity contribution in [1.82, 2.24) is 34.9 Å². The number of thioether (sulfide) groups is 1. The Balaban J connectivity index is 0.000000193. The molecule has 4 saturated heterocycles. The van der Waals surface area contributed by atoms with Gasteiger partial charge in [0.05, 0.1) is 23.0 Å². The van der Waals surface area contributed by atoms with E-state index >= 15 is 0 Å². The highest BCUT2D eigenvalue weighted by atomic mass is 79.9. The topological polar surface area (TPSA) is 246 Å². The van der Waals surface area contributed by atoms with Crippen molar-refractivity contribution in [2.75, 3.05) is 57.7 Å². The van der Waals surface area contributed by atoms with Gasteiger partial charge in [-0.15, -0.1) is 0 Å². The molecule has 2 aliphatic carbocycles. The number of aromatic nitrogens is 2. The van der Waals surface area contributed by atoms with E-state index in [1.165, 1.54) is 70.4 Å². The maximum Gasteiger partial charge on any atom is 0.281 e. The first-order valence-electron chi connectivity index (χ1n) is 26.0. The van der Waals surface area contributed by atoms with Gasteiger partial charge in [-0.25, -0.2) is 0 Å². The molecule has 22 heteroatoms. The summed E-state index contributed by atoms with van der Waals surface area (Å²) in [5, 5.41) is 17.8. The molecule has 75 heavy (non-hydrogen) atoms. The van der Waals surface area contributed by atoms with Gasteiger partial charge in [-0.3, -0.25) is 42.9 Å². The molecule has 2 aromatic carbocycles. The highest BCUT2D eigenvalue weighted by Crippen LogP contribution is 2.50. The second-order valence-corrected chi connectivity index (χ2v) is 26.8. The molecule has 0 saturated carbocycles. The van der Waals surface area contributed by atoms with E-state index in [1.54, 1.807) is 24.3 Å². The van der Waals surface area contributed by atoms with E-state index in [0.29, 0.717) is 44.5 Å². The van der Waals surface area contributed by atoms with Crippen LogP contribution in [0, 0.1) is 23.7 Å². The molecule has 7 heterocycles. The van der Waals surface area contributed by atoms with Gasteiger partial charge in [-0.1, -0.05) is 65.0 Å². The molecule has 9 atom stereocenters. The van der Waals surface area contributed by atoms with E-state index in [1.807, 2.05) is 44.8 Å². The molecule has 3 amide bonds. The lowest BCUT2D eigenvalue weighted by molar-refractivity contribution is -0.322. The Labute approximate surface area is 453 Å². The van der Waals surface area contributed by atoms with E-state index in [0.717, 1.165) is 45.9 Å². The zero-order chi connectivity index (χ0) is 54.7. The third kappa shape index (κ3) is 11.5. The molecule has 4 aromatic rings. The van der Waals surface area contributed by atoms with Crippen LogP contribution < -0.4 is 5.32 Å². The Morgan fingerprint density at radius 1 is 1.00 bits per heavy atom. The Morgan fingerprint density at radius 2 is 1.68 bits per heavy atom. The quantitative estimate of drug-likeness (QED) is 0.0984. The number of hydrogen-bond acceptors (Lipinski definition) is 12. The van der Waals surface area contributed by atoms with Crippen molar-refractivity contribution in [2.24, 2.45) is 23.7 Å². The number of nitrogens with one attached hydrogen (secondary N) is 3. The van der Waals surface area contributed by atoms with E-state index < -0.39 is 61.7 Å². The highest BCUT2D eigenvalue weighted by Gasteiger charge is 2.72. The summed E-state index contributed by atoms with van der Waals surface area (Å²) < 4.78 is 59.2. The molecule has 5 aliphatic heterocycles. The molecule has 4 fully saturated rings. The predicted octanol–water partition coefficient (Wildman–Crippen LogP) is 6.47. The largest absolute Gasteiger partial charge is 0.361 e. The zero-order valence-corrected chi connectivity index (χ0v) is 48.3. The number of H-pyrrole nitrogens is 2. The molecule has 412 valence electrons. The number of likely N-dealkylation sites (tertiary alicyclic amines) is 1. The molecule has 18 nitrogen and oxygen atoms in total. The number of rotatable bonds is 9. The van der Waals surface area contributed by atoms with Gasteiger partial charge < -0.3 is 25.3 Å². The van der Waals surface area contributed by atoms with Crippen molar-refractivity contribution >= 4 is 93.0 Å². The van der Waals surface area contributed by atoms with Gasteiger partial charge in [0.1, 0.15) is 12.1 Å². The Kier molecular flexibility index (Phi) is 16.9. The molecule has 0 spiro atoms. The summed E-state index contributed by atoms with van der Waals surface area (Å²) in [5.74, 6) is -1.14. The molecule has 0 radical (unpaired) electrons. The van der Waals surface area contributed by atoms with Crippen molar-refractivity contribution in [2.45, 2.75) is 121 Å². The second kappa shape index (κ2) is 22.1. The maximum atomic E-state index is 14.4. The number of likely N-dealkylation sites (N-methyl/N-ethyl adjacent to an activating group) is 1. The number of hydrogen-bond donors (Lipinski definition) is 6. The molecular formula is C53H74BrN7O11S3. The number of ether oxygens (including phenoxy) is 1. The number of carbonyl (C=O) groups is 3. The molecule has 7 aliphatic rings. The summed E-state index contributed by atoms with van der Waals surface area (Å²) >= 11 is 5.71. The van der Waals surface area contributed by atoms with Gasteiger partial charge in [-0.05, 0) is 138 Å². The lowest BCUT2D eigenvalue weighted by Crippen LogP contribution is -2.71. The van der Waals surface area contributed by atoms with E-state index in [2.05, 4.69) is 90.7 Å². The first-order chi connectivity index (χ1) is 35.2. The Morgan fingerprint density at radius 3 is 2.33 bits per heavy atom. The highest BCUT2D eigenvalue weighted by molar-refractivity contribution is 9.10. The van der Waals surface area contributed by atoms with Crippen LogP contribution in [0.5, 0.6) is 0 Å². The van der Waals surface area contributed by atoms with Gasteiger partial charge in [0.15, 0.2) is 0 Å². The number of benzene rings is 2. The van der Waals surface area contributed by atoms with Crippen molar-refractivity contribution in [3.8, 4) is 0 Å². The first kappa shape index (κ1) is 57.3. The van der Waals surface area contributed by atoms with Gasteiger partial charge in [-0.2, -0.15) is 28.6 Å². The van der Waals surface area contributed by atoms with Crippen LogP contribution in [-0.2, 0) is 52.2 Å². The summed E-state index contributed by atoms with van der Waals surface area (Å²) in [5.41, 5.74) is 7.16. The van der Waals surface area contributed by atoms with E-state index in [-0.39, 0.29) is 23.8 Å². The normalized spacial score (nSPS) is 29.1. The monoisotopic (exact) mass is 1160 g/mol. The lowest BCUT2D eigenvalue weighted by Gasteiger charge is -2.49. The summed E-state index contributed by atoms with van der Waals surface area (Å²) in [6.45, 7) is 13.4. The molecule has 6 N–H and O–H groups in total. The minimum Gasteiger partial charge on any atom is -0.361 e. The molecule has 0 bridgehead atoms. The Hall–Kier alpha value is -3.84. The van der Waals surface area contributed by atoms with Gasteiger partial charge in [0, 0.05) is 71.6 Å². The number of piperidine rings is 1. The fourth-order valence-corrected chi connectivity index (χ4v) is 14.2. The zero-order valence-electron chi connectivity index (χ0n) is 44.3. The number of fused-ring (bicyclic) bond motifs is 7. The van der Waals surface area contributed by atoms with Crippen LogP contribution in [0.25, 0.3) is 27.4 Å². The van der Waals surface area contributed by atoms with Gasteiger partial charge >= 0.3 is 0 Å². The van der Waals surface area contributed by atoms with E-state index in [9.17, 15) is 36.3 Å². The third-order valence-corrected chi connectivity index (χ3v) is 17.3. The van der Waals surface area contributed by atoms with Crippen LogP contribution in [0.3, 0.4) is 0 Å². The van der Waals surface area contributed by atoms with Gasteiger partial charge in [0.25, 0.3) is 32.1 Å². The summed E-state index contributed by atoms with van der Waals surface area (Å²) in [6.07, 6.45) is 14.3. The molecular weight excluding hydrogens is 1090 g/mol. The van der Waals surface area contributed by atoms with Crippen molar-refractivity contribution < 1.29 is 50.2 Å². The molecule has 2 aromatic heterocycles. The predicted molar refractivity (Wildman–Crippen MR) is 296 cm³/mol. The Bertz CT molecular complexity index is 3030. The molecule has 0 unspecified atom stereocenters. The van der Waals surface area contributed by atoms with Crippen LogP contribution in [0.15, 0.2) is 53.3 Å². The minimum absolute atomic E-state index is 0.104. The number of piperazine rings is 1. The fourth-order valence-electron chi connectivity index (χ4n) is 12.9. The SMILES string of the molecule is CC(C)C[C@H]1C(=O)N2CCC[C@H]2[C@]2(O)O[C@](NC(=O)[C@@H]3C=C4c5cccc6[nH]c(Br)c(c56)C[C@H]4N(C)C3)(C(C)C)C(=O)N12.CCCN1C[C@H](CSC)C[C@@H]2c3cccc4[nH]cc(c34)C[C@H]21.CS(=O)(=O)O.CS(=O)(=O)O. The third-order valence-electron chi connectivity index (χ3n) is 15.8. The van der Waals surface area contributed by atoms with Crippen LogP contribution in [0.2, 0.25) is 0 Å². The van der Waals surface area contributed by atoms with Crippen LogP contribution in [0.1, 0.15) is 94.9 Å². The average molecular weight is 1160 g/mol. The standard InChI is InChI=1S/C32H40BrN5O5.C19H26N2S.2CH4O3S/c1-16(2)12-24-29(40)37-11-7-10-25(37)32(42)38(24)30(41)31(43-32,17(3)4)35-28(39)18-13-20-19-8-6-9-22-26(19)21(27(33)34-22)14-23(20)36(5)15-18;1-3-7-21-11-13(12-22-2)8-16-15-5-4-6-17-19(15)14(10-20-17)9-18(16)21;2*1-5(2,3)4/h6,8-9,13,16-18,23-25,34,42H,7,10-12,14-15H2,1-5H3,(H,35,39);4-6,10,13,16,18,20H,3,7-9,11-12H2,1-2H3;2*1H3,(H,2,3,4)/t18-,23-,24+,25+,31-,32+;13-,16-,18-;;/m11../s1. The number of amides is 3. The fraction of sp³-hybridized carbons (Fsp3) is 0.604. The average Bonchev–Trinajstić information content (AvgIpc) is 4.14. The van der Waals surface area contributed by atoms with Crippen molar-refractivity contribution in [3.05, 3.63) is 75.5 Å². The van der Waals surface area contributed by atoms with Crippen molar-refractivity contribution in [3.63, 3.8) is 0 Å². The number of aromatic amines is 2. The first-order valence-corrected chi connectivity index (χ1v) is 31.8. The van der Waals surface area contributed by atoms with Crippen molar-refractivity contribution in [1.29, 1.82) is 0 Å². The van der Waals surface area contributed by atoms with Crippen LogP contribution >= 0.6 is 27.7 Å². The molecule has 11 rings (SSSR count). The minimum atomic E-state index is -3.67. The second-order valence-electron chi connectivity index (χ2n) is 22.2. The van der Waals surface area contributed by atoms with Crippen LogP contribution in [-0.4, -0.2) is 172 Å². The number of halogens is 1. The summed E-state index contributed by atoms with van der Waals surface area (Å²) in [4.78, 5) is 57.1. The smallest absolute Gasteiger partial charge is 0.281 e. The van der Waals surface area contributed by atoms with E-state index in [4.69, 9.17) is 13.8 Å². The number of aliphatic hydroxyl groups is 1. The van der Waals surface area contributed by atoms with Gasteiger partial charge in [0.2, 0.25) is 17.5 Å². The summed E-state index contributed by atoms with van der Waals surface area (Å²) in [6, 6.07) is 12.3. The van der Waals surface area contributed by atoms with Crippen LogP contribution in [0.4, 0.5) is 0 Å². The number of carbonyl (C=O) groups excluding carboxylic acids is 3. The number of nitrogens with zero attached hydrogens (tertiary/aromatic N) is 4.